The molecular weight excluding hydrogens is 528 g/mol. The van der Waals surface area contributed by atoms with E-state index in [1.54, 1.807) is 19.2 Å². The van der Waals surface area contributed by atoms with Crippen molar-refractivity contribution in [2.24, 2.45) is 4.99 Å². The Kier molecular flexibility index (Phi) is 10.8. The quantitative estimate of drug-likeness (QED) is 0.186. The van der Waals surface area contributed by atoms with Gasteiger partial charge in [-0.2, -0.15) is 5.10 Å². The Labute approximate surface area is 204 Å². The Morgan fingerprint density at radius 2 is 2.09 bits per heavy atom. The highest BCUT2D eigenvalue weighted by atomic mass is 127. The molecule has 1 aromatic heterocycles. The minimum Gasteiger partial charge on any atom is -0.377 e. The molecule has 0 aliphatic carbocycles. The molecule has 9 nitrogen and oxygen atoms in total. The van der Waals surface area contributed by atoms with Crippen LogP contribution in [0.15, 0.2) is 29.3 Å². The van der Waals surface area contributed by atoms with Crippen molar-refractivity contribution in [1.82, 2.24) is 30.7 Å². The molecule has 1 amide bonds. The summed E-state index contributed by atoms with van der Waals surface area (Å²) < 4.78 is 20.0. The first-order valence-electron chi connectivity index (χ1n) is 10.5. The minimum atomic E-state index is -0.310. The summed E-state index contributed by atoms with van der Waals surface area (Å²) >= 11 is 0. The monoisotopic (exact) mass is 559 g/mol. The zero-order valence-corrected chi connectivity index (χ0v) is 20.8. The van der Waals surface area contributed by atoms with Crippen molar-refractivity contribution < 1.29 is 13.9 Å². The van der Waals surface area contributed by atoms with Crippen LogP contribution in [0.1, 0.15) is 30.6 Å². The van der Waals surface area contributed by atoms with Crippen LogP contribution in [0.25, 0.3) is 0 Å². The lowest BCUT2D eigenvalue weighted by atomic mass is 10.1. The van der Waals surface area contributed by atoms with Gasteiger partial charge in [0, 0.05) is 32.7 Å². The number of aryl methyl sites for hydroxylation is 1. The molecule has 11 heteroatoms. The molecule has 176 valence electrons. The van der Waals surface area contributed by atoms with Crippen LogP contribution in [0.3, 0.4) is 0 Å². The number of halogens is 2. The predicted molar refractivity (Wildman–Crippen MR) is 130 cm³/mol. The van der Waals surface area contributed by atoms with Gasteiger partial charge in [0.2, 0.25) is 5.91 Å². The Morgan fingerprint density at radius 1 is 1.31 bits per heavy atom. The molecule has 3 rings (SSSR count). The molecule has 0 spiro atoms. The number of hydrogen-bond acceptors (Lipinski definition) is 5. The zero-order chi connectivity index (χ0) is 22.1. The van der Waals surface area contributed by atoms with E-state index in [2.05, 4.69) is 31.0 Å². The molecule has 0 radical (unpaired) electrons. The normalized spacial score (nSPS) is 15.5. The van der Waals surface area contributed by atoms with E-state index < -0.39 is 0 Å². The van der Waals surface area contributed by atoms with Gasteiger partial charge in [0.1, 0.15) is 18.2 Å². The number of amides is 1. The van der Waals surface area contributed by atoms with Crippen molar-refractivity contribution in [1.29, 1.82) is 0 Å². The molecule has 1 atom stereocenters. The van der Waals surface area contributed by atoms with Crippen LogP contribution in [0.4, 0.5) is 4.39 Å². The molecule has 0 saturated heterocycles. The van der Waals surface area contributed by atoms with Crippen molar-refractivity contribution in [2.75, 3.05) is 26.7 Å². The van der Waals surface area contributed by atoms with Gasteiger partial charge in [-0.25, -0.2) is 14.1 Å². The van der Waals surface area contributed by atoms with Crippen molar-refractivity contribution in [3.8, 4) is 0 Å². The highest BCUT2D eigenvalue weighted by molar-refractivity contribution is 14.0. The van der Waals surface area contributed by atoms with Crippen molar-refractivity contribution in [3.05, 3.63) is 47.3 Å². The highest BCUT2D eigenvalue weighted by Gasteiger charge is 2.22. The number of aliphatic imine (C=N–C) groups is 1. The summed E-state index contributed by atoms with van der Waals surface area (Å²) in [6.45, 7) is 4.75. The Bertz CT molecular complexity index is 889. The largest absolute Gasteiger partial charge is 0.377 e. The highest BCUT2D eigenvalue weighted by Crippen LogP contribution is 2.13. The van der Waals surface area contributed by atoms with E-state index in [9.17, 15) is 9.18 Å². The number of aromatic nitrogens is 3. The van der Waals surface area contributed by atoms with Crippen LogP contribution in [-0.2, 0) is 35.5 Å². The Hall–Kier alpha value is -2.28. The molecule has 2 heterocycles. The van der Waals surface area contributed by atoms with Crippen molar-refractivity contribution in [3.63, 3.8) is 0 Å². The molecule has 1 aliphatic rings. The molecular formula is C21H31FIN7O2. The maximum absolute atomic E-state index is 12.9. The average molecular weight is 559 g/mol. The molecule has 1 aliphatic heterocycles. The van der Waals surface area contributed by atoms with Crippen LogP contribution >= 0.6 is 24.0 Å². The topological polar surface area (TPSA) is 105 Å². The summed E-state index contributed by atoms with van der Waals surface area (Å²) in [5.41, 5.74) is 0.774. The first-order chi connectivity index (χ1) is 15.1. The molecule has 1 unspecified atom stereocenters. The third-order valence-electron chi connectivity index (χ3n) is 4.84. The fourth-order valence-corrected chi connectivity index (χ4v) is 3.40. The van der Waals surface area contributed by atoms with Gasteiger partial charge in [-0.1, -0.05) is 12.1 Å². The van der Waals surface area contributed by atoms with Gasteiger partial charge in [0.25, 0.3) is 0 Å². The lowest BCUT2D eigenvalue weighted by Gasteiger charge is -2.25. The number of hydrogen-bond donors (Lipinski definition) is 3. The number of ether oxygens (including phenoxy) is 1. The number of carbonyl (C=O) groups excluding carboxylic acids is 1. The predicted octanol–water partition coefficient (Wildman–Crippen LogP) is 1.41. The summed E-state index contributed by atoms with van der Waals surface area (Å²) in [5, 5.41) is 14.0. The summed E-state index contributed by atoms with van der Waals surface area (Å²) in [5.74, 6) is 1.97. The van der Waals surface area contributed by atoms with Gasteiger partial charge >= 0.3 is 0 Å². The van der Waals surface area contributed by atoms with Gasteiger partial charge < -0.3 is 20.7 Å². The number of rotatable bonds is 9. The van der Waals surface area contributed by atoms with E-state index >= 15 is 0 Å². The molecule has 0 bridgehead atoms. The lowest BCUT2D eigenvalue weighted by Crippen LogP contribution is -2.47. The summed E-state index contributed by atoms with van der Waals surface area (Å²) in [6.07, 6.45) is 1.99. The first kappa shape index (κ1) is 26.0. The zero-order valence-electron chi connectivity index (χ0n) is 18.4. The number of methoxy groups -OCH3 is 1. The molecule has 2 aromatic rings. The third-order valence-corrected chi connectivity index (χ3v) is 4.84. The van der Waals surface area contributed by atoms with Gasteiger partial charge in [0.15, 0.2) is 11.8 Å². The van der Waals surface area contributed by atoms with Crippen molar-refractivity contribution >= 4 is 35.8 Å². The lowest BCUT2D eigenvalue weighted by molar-refractivity contribution is -0.120. The van der Waals surface area contributed by atoms with E-state index in [0.717, 1.165) is 30.8 Å². The average Bonchev–Trinajstić information content (AvgIpc) is 3.15. The van der Waals surface area contributed by atoms with Gasteiger partial charge in [-0.15, -0.1) is 24.0 Å². The number of nitrogens with zero attached hydrogens (tertiary/aromatic N) is 4. The number of benzene rings is 1. The van der Waals surface area contributed by atoms with E-state index in [1.807, 2.05) is 11.6 Å². The maximum Gasteiger partial charge on any atom is 0.224 e. The van der Waals surface area contributed by atoms with Crippen LogP contribution in [-0.4, -0.2) is 59.4 Å². The number of guanidine groups is 1. The molecule has 1 aromatic carbocycles. The van der Waals surface area contributed by atoms with Crippen LogP contribution in [0, 0.1) is 5.82 Å². The molecule has 32 heavy (non-hydrogen) atoms. The van der Waals surface area contributed by atoms with Crippen LogP contribution in [0.2, 0.25) is 0 Å². The summed E-state index contributed by atoms with van der Waals surface area (Å²) in [4.78, 5) is 21.1. The molecule has 3 N–H and O–H groups in total. The summed E-state index contributed by atoms with van der Waals surface area (Å²) in [7, 11) is 1.63. The van der Waals surface area contributed by atoms with Gasteiger partial charge in [-0.05, 0) is 31.0 Å². The molecule has 0 fully saturated rings. The van der Waals surface area contributed by atoms with Crippen LogP contribution in [0.5, 0.6) is 0 Å². The van der Waals surface area contributed by atoms with Gasteiger partial charge in [0.05, 0.1) is 19.5 Å². The Balaban J connectivity index is 0.00000363. The number of carbonyl (C=O) groups is 1. The van der Waals surface area contributed by atoms with E-state index in [1.165, 1.54) is 12.1 Å². The first-order valence-corrected chi connectivity index (χ1v) is 10.5. The fourth-order valence-electron chi connectivity index (χ4n) is 3.40. The van der Waals surface area contributed by atoms with Gasteiger partial charge in [-0.3, -0.25) is 9.79 Å². The Morgan fingerprint density at radius 3 is 2.81 bits per heavy atom. The summed E-state index contributed by atoms with van der Waals surface area (Å²) in [6, 6.07) is 6.13. The second-order valence-electron chi connectivity index (χ2n) is 7.35. The van der Waals surface area contributed by atoms with Crippen molar-refractivity contribution in [2.45, 2.75) is 45.4 Å². The second kappa shape index (κ2) is 13.3. The van der Waals surface area contributed by atoms with Crippen LogP contribution < -0.4 is 16.0 Å². The van der Waals surface area contributed by atoms with E-state index in [-0.39, 0.29) is 48.2 Å². The number of fused-ring (bicyclic) bond motifs is 1. The standard InChI is InChI=1S/C21H30FN7O2.HI/c1-3-23-21(25-11-10-24-20(30)12-15-4-6-16(22)7-5-15)26-17-8-9-19-27-18(14-31-2)28-29(19)13-17;/h4-7,17H,3,8-14H2,1-2H3,(H,24,30)(H2,23,25,26);1H. The smallest absolute Gasteiger partial charge is 0.224 e. The second-order valence-corrected chi connectivity index (χ2v) is 7.35. The minimum absolute atomic E-state index is 0. The fraction of sp³-hybridized carbons (Fsp3) is 0.524. The van der Waals surface area contributed by atoms with E-state index in [4.69, 9.17) is 4.74 Å². The maximum atomic E-state index is 12.9. The SMILES string of the molecule is CCNC(=NCCNC(=O)Cc1ccc(F)cc1)NC1CCc2nc(COC)nn2C1.I. The third kappa shape index (κ3) is 8.01. The molecule has 0 saturated carbocycles. The number of nitrogens with one attached hydrogen (secondary N) is 3. The van der Waals surface area contributed by atoms with E-state index in [0.29, 0.717) is 38.0 Å².